The fraction of sp³-hybridized carbons (Fsp3) is 0.294. The molecule has 2 aromatic carbocycles. The zero-order valence-electron chi connectivity index (χ0n) is 24.3. The van der Waals surface area contributed by atoms with E-state index in [1.54, 1.807) is 7.11 Å². The molecule has 0 amide bonds. The molecule has 2 rings (SSSR count). The van der Waals surface area contributed by atoms with Crippen LogP contribution in [0.4, 0.5) is 25.2 Å². The van der Waals surface area contributed by atoms with Gasteiger partial charge in [0, 0.05) is 5.75 Å². The predicted molar refractivity (Wildman–Crippen MR) is 164 cm³/mol. The molecule has 0 aliphatic carbocycles. The molecule has 0 spiro atoms. The molecule has 292 valence electrons. The second-order valence-corrected chi connectivity index (χ2v) is 13.4. The molecule has 0 atom stereocenters. The fourth-order valence-corrected chi connectivity index (χ4v) is 2.67. The van der Waals surface area contributed by atoms with Gasteiger partial charge in [0.2, 0.25) is 0 Å². The van der Waals surface area contributed by atoms with Crippen LogP contribution < -0.4 is 4.74 Å². The molecule has 0 unspecified atom stereocenters. The monoisotopic (exact) mass is 872 g/mol. The Balaban J connectivity index is -0.000000178. The number of ether oxygens (including phenoxy) is 1. The second kappa shape index (κ2) is 26.8. The Kier molecular flexibility index (Phi) is 31.4. The highest BCUT2D eigenvalue weighted by Crippen LogP contribution is 2.37. The van der Waals surface area contributed by atoms with Crippen LogP contribution in [0.1, 0.15) is 24.5 Å². The van der Waals surface area contributed by atoms with Crippen molar-refractivity contribution in [2.45, 2.75) is 25.5 Å². The van der Waals surface area contributed by atoms with Crippen LogP contribution in [0.15, 0.2) is 42.5 Å². The molecule has 2 aromatic rings. The van der Waals surface area contributed by atoms with Crippen molar-refractivity contribution in [2.24, 2.45) is 0 Å². The van der Waals surface area contributed by atoms with Crippen molar-refractivity contribution in [1.29, 1.82) is 0 Å². The van der Waals surface area contributed by atoms with E-state index >= 15 is 0 Å². The summed E-state index contributed by atoms with van der Waals surface area (Å²) in [5, 5.41) is 0. The van der Waals surface area contributed by atoms with E-state index in [0.29, 0.717) is 0 Å². The maximum absolute atomic E-state index is 10.4. The van der Waals surface area contributed by atoms with Gasteiger partial charge in [-0.2, -0.15) is 12.6 Å². The highest BCUT2D eigenvalue weighted by Gasteiger charge is 2.09. The van der Waals surface area contributed by atoms with Crippen molar-refractivity contribution in [2.75, 3.05) is 7.11 Å². The van der Waals surface area contributed by atoms with Crippen LogP contribution in [0.2, 0.25) is 0 Å². The maximum Gasteiger partial charge on any atom is 0.507 e. The van der Waals surface area contributed by atoms with E-state index in [2.05, 4.69) is 49.9 Å². The Hall–Kier alpha value is -0.930. The molecule has 0 saturated carbocycles. The minimum atomic E-state index is -5.14. The molecule has 0 heterocycles. The quantitative estimate of drug-likeness (QED) is 0.106. The van der Waals surface area contributed by atoms with E-state index in [4.69, 9.17) is 90.8 Å². The Bertz CT molecular complexity index is 1270. The molecule has 0 fully saturated rings. The molecular weight excluding hydrogens is 840 g/mol. The lowest BCUT2D eigenvalue weighted by molar-refractivity contribution is 0.320. The molecule has 19 nitrogen and oxygen atoms in total. The summed E-state index contributed by atoms with van der Waals surface area (Å²) in [7, 11) is -29.1. The Labute approximate surface area is 279 Å². The van der Waals surface area contributed by atoms with Crippen molar-refractivity contribution in [3.8, 4) is 16.9 Å². The average molecular weight is 872 g/mol. The van der Waals surface area contributed by atoms with E-state index in [-0.39, 0.29) is 0 Å². The highest BCUT2D eigenvalue weighted by atomic mass is 32.1. The minimum absolute atomic E-state index is 0.791. The lowest BCUT2D eigenvalue weighted by atomic mass is 9.93. The van der Waals surface area contributed by atoms with E-state index in [1.807, 2.05) is 12.1 Å². The molecule has 0 aromatic heterocycles. The van der Waals surface area contributed by atoms with Gasteiger partial charge in [0.05, 0.1) is 7.11 Å². The molecule has 32 heteroatoms. The van der Waals surface area contributed by atoms with Gasteiger partial charge in [-0.1, -0.05) is 43.7 Å². The summed E-state index contributed by atoms with van der Waals surface area (Å²) in [5.74, 6) is 1.69. The first kappa shape index (κ1) is 57.4. The Morgan fingerprint density at radius 1 is 0.571 bits per heavy atom. The molecule has 0 bridgehead atoms. The smallest absolute Gasteiger partial charge is 0.497 e. The van der Waals surface area contributed by atoms with Crippen LogP contribution in [0.25, 0.3) is 11.1 Å². The molecule has 49 heavy (non-hydrogen) atoms. The van der Waals surface area contributed by atoms with Crippen LogP contribution >= 0.6 is 60.1 Å². The third-order valence-electron chi connectivity index (χ3n) is 3.34. The lowest BCUT2D eigenvalue weighted by Gasteiger charge is -2.14. The summed E-state index contributed by atoms with van der Waals surface area (Å²) in [6.07, 6.45) is 2.24. The van der Waals surface area contributed by atoms with Crippen molar-refractivity contribution in [3.63, 3.8) is 0 Å². The number of benzene rings is 2. The largest absolute Gasteiger partial charge is 0.507 e. The van der Waals surface area contributed by atoms with Crippen LogP contribution in [0, 0.1) is 0 Å². The lowest BCUT2D eigenvalue weighted by Crippen LogP contribution is -1.95. The Morgan fingerprint density at radius 3 is 1.08 bits per heavy atom. The summed E-state index contributed by atoms with van der Waals surface area (Å²) in [5.41, 5.74) is 5.31. The zero-order chi connectivity index (χ0) is 40.7. The molecule has 0 aliphatic rings. The number of hydrogen-bond donors (Lipinski definition) is 13. The predicted octanol–water partition coefficient (Wildman–Crippen LogP) is 5.04. The van der Waals surface area contributed by atoms with Gasteiger partial charge < -0.3 is 4.74 Å². The first-order valence-electron chi connectivity index (χ1n) is 11.2. The molecule has 0 radical (unpaired) electrons. The van der Waals surface area contributed by atoms with E-state index in [1.165, 1.54) is 22.3 Å². The fourth-order valence-electron chi connectivity index (χ4n) is 2.37. The molecule has 0 saturated heterocycles. The average Bonchev–Trinajstić information content (AvgIpc) is 2.78. The summed E-state index contributed by atoms with van der Waals surface area (Å²) >= 11 is 4.44. The summed E-state index contributed by atoms with van der Waals surface area (Å²) < 4.78 is 119. The standard InChI is InChI=1S/C17H20OS.6FH2O3P/c1-3-5-16-14(12-19)6-4-7-17(16)13-8-10-15(18-2)11-9-13;6*1-5(2,3)4/h4,6-11,19H,3,5,12H2,1-2H3;6*(H2,2,3,4). The van der Waals surface area contributed by atoms with E-state index < -0.39 is 47.4 Å². The number of thiol groups is 1. The maximum atomic E-state index is 10.4. The van der Waals surface area contributed by atoms with Crippen LogP contribution in [0.5, 0.6) is 5.75 Å². The van der Waals surface area contributed by atoms with Crippen LogP contribution in [-0.4, -0.2) is 65.8 Å². The topological polar surface area (TPSA) is 354 Å². The van der Waals surface area contributed by atoms with Gasteiger partial charge >= 0.3 is 47.4 Å². The van der Waals surface area contributed by atoms with Gasteiger partial charge in [0.1, 0.15) is 5.75 Å². The SMILES string of the molecule is CCCc1c(CS)cccc1-c1ccc(OC)cc1.O=P(O)(O)F.O=P(O)(O)F.O=P(O)(O)F.O=P(O)(O)F.O=P(O)(O)F.O=P(O)(O)F. The van der Waals surface area contributed by atoms with Gasteiger partial charge in [-0.05, 0) is 40.8 Å². The third-order valence-corrected chi connectivity index (χ3v) is 3.69. The van der Waals surface area contributed by atoms with Gasteiger partial charge in [-0.3, -0.25) is 58.7 Å². The minimum Gasteiger partial charge on any atom is -0.497 e. The van der Waals surface area contributed by atoms with E-state index in [9.17, 15) is 25.2 Å². The van der Waals surface area contributed by atoms with Crippen molar-refractivity contribution < 1.29 is 116 Å². The van der Waals surface area contributed by atoms with Gasteiger partial charge in [0.25, 0.3) is 0 Å². The zero-order valence-corrected chi connectivity index (χ0v) is 30.5. The summed E-state index contributed by atoms with van der Waals surface area (Å²) in [6, 6.07) is 14.7. The normalized spacial score (nSPS) is 11.3. The van der Waals surface area contributed by atoms with Gasteiger partial charge in [0.15, 0.2) is 0 Å². The van der Waals surface area contributed by atoms with Crippen LogP contribution in [-0.2, 0) is 39.6 Å². The highest BCUT2D eigenvalue weighted by molar-refractivity contribution is 7.79. The second-order valence-electron chi connectivity index (χ2n) is 7.42. The first-order chi connectivity index (χ1) is 21.3. The van der Waals surface area contributed by atoms with Crippen molar-refractivity contribution >= 4 is 60.1 Å². The molecular formula is C17H32F6O19P6S. The number of rotatable bonds is 5. The molecule has 0 aliphatic heterocycles. The van der Waals surface area contributed by atoms with Crippen LogP contribution in [0.3, 0.4) is 0 Å². The summed E-state index contributed by atoms with van der Waals surface area (Å²) in [6.45, 7) is 2.22. The summed E-state index contributed by atoms with van der Waals surface area (Å²) in [4.78, 5) is 83.6. The van der Waals surface area contributed by atoms with Crippen molar-refractivity contribution in [1.82, 2.24) is 0 Å². The van der Waals surface area contributed by atoms with Gasteiger partial charge in [-0.25, -0.2) is 27.4 Å². The number of methoxy groups -OCH3 is 1. The third kappa shape index (κ3) is 82.4. The number of hydrogen-bond acceptors (Lipinski definition) is 8. The van der Waals surface area contributed by atoms with E-state index in [0.717, 1.165) is 24.3 Å². The first-order valence-corrected chi connectivity index (χ1v) is 20.8. The van der Waals surface area contributed by atoms with Gasteiger partial charge in [-0.15, -0.1) is 25.2 Å². The molecule has 12 N–H and O–H groups in total. The Morgan fingerprint density at radius 2 is 0.857 bits per heavy atom. The number of halogens is 6. The van der Waals surface area contributed by atoms with Crippen molar-refractivity contribution in [3.05, 3.63) is 53.6 Å².